The molecule has 0 unspecified atom stereocenters. The fourth-order valence-corrected chi connectivity index (χ4v) is 2.87. The van der Waals surface area contributed by atoms with E-state index < -0.39 is 46.3 Å². The van der Waals surface area contributed by atoms with Crippen LogP contribution in [-0.2, 0) is 19.0 Å². The first-order valence-electron chi connectivity index (χ1n) is 7.36. The Bertz CT molecular complexity index is 652. The highest BCUT2D eigenvalue weighted by Crippen LogP contribution is 2.32. The van der Waals surface area contributed by atoms with E-state index in [1.165, 1.54) is 0 Å². The van der Waals surface area contributed by atoms with Crippen LogP contribution in [0.1, 0.15) is 10.4 Å². The minimum absolute atomic E-state index is 0.0919. The van der Waals surface area contributed by atoms with E-state index in [0.29, 0.717) is 5.56 Å². The number of aliphatic hydroxyl groups is 1. The topological polar surface area (TPSA) is 94.1 Å². The van der Waals surface area contributed by atoms with Gasteiger partial charge in [-0.05, 0) is 12.1 Å². The van der Waals surface area contributed by atoms with E-state index in [1.54, 1.807) is 30.3 Å². The van der Waals surface area contributed by atoms with Crippen LogP contribution in [0, 0.1) is 0 Å². The van der Waals surface area contributed by atoms with Gasteiger partial charge in [0.1, 0.15) is 12.2 Å². The maximum atomic E-state index is 12.3. The van der Waals surface area contributed by atoms with Gasteiger partial charge < -0.3 is 24.6 Å². The largest absolute Gasteiger partial charge is 0.454 e. The molecule has 0 spiro atoms. The van der Waals surface area contributed by atoms with Gasteiger partial charge in [0, 0.05) is 0 Å². The molecule has 7 nitrogen and oxygen atoms in total. The number of rotatable bonds is 3. The van der Waals surface area contributed by atoms with Crippen LogP contribution in [0.4, 0.5) is 0 Å². The van der Waals surface area contributed by atoms with Crippen molar-refractivity contribution >= 4 is 46.7 Å². The van der Waals surface area contributed by atoms with E-state index in [2.05, 4.69) is 5.32 Å². The average Bonchev–Trinajstić information content (AvgIpc) is 3.02. The third-order valence-electron chi connectivity index (χ3n) is 3.91. The Morgan fingerprint density at radius 3 is 2.56 bits per heavy atom. The number of benzene rings is 1. The van der Waals surface area contributed by atoms with Gasteiger partial charge in [-0.1, -0.05) is 53.0 Å². The van der Waals surface area contributed by atoms with Crippen molar-refractivity contribution in [3.05, 3.63) is 35.9 Å². The van der Waals surface area contributed by atoms with Gasteiger partial charge in [0.2, 0.25) is 0 Å². The second-order valence-corrected chi connectivity index (χ2v) is 7.88. The lowest BCUT2D eigenvalue weighted by atomic mass is 9.97. The van der Waals surface area contributed by atoms with E-state index in [4.69, 9.17) is 49.0 Å². The van der Waals surface area contributed by atoms with Crippen molar-refractivity contribution in [2.45, 2.75) is 34.4 Å². The predicted molar refractivity (Wildman–Crippen MR) is 88.5 cm³/mol. The third-order valence-corrected chi connectivity index (χ3v) is 4.42. The first-order valence-corrected chi connectivity index (χ1v) is 8.49. The fraction of sp³-hybridized carbons (Fsp3) is 0.467. The van der Waals surface area contributed by atoms with Crippen LogP contribution >= 0.6 is 34.8 Å². The summed E-state index contributed by atoms with van der Waals surface area (Å²) in [6.07, 6.45) is -3.94. The molecule has 0 radical (unpaired) electrons. The second-order valence-electron chi connectivity index (χ2n) is 5.60. The minimum Gasteiger partial charge on any atom is -0.454 e. The molecule has 2 aliphatic heterocycles. The minimum atomic E-state index is -2.23. The number of aliphatic hydroxyl groups excluding tert-OH is 1. The molecule has 2 fully saturated rings. The highest BCUT2D eigenvalue weighted by Gasteiger charge is 2.53. The van der Waals surface area contributed by atoms with Crippen molar-refractivity contribution in [2.75, 3.05) is 6.61 Å². The Balaban J connectivity index is 1.80. The van der Waals surface area contributed by atoms with Crippen molar-refractivity contribution in [2.24, 2.45) is 0 Å². The number of esters is 1. The number of hydrogen-bond donors (Lipinski definition) is 2. The summed E-state index contributed by atoms with van der Waals surface area (Å²) in [6, 6.07) is 7.21. The molecule has 5 atom stereocenters. The Labute approximate surface area is 158 Å². The summed E-state index contributed by atoms with van der Waals surface area (Å²) in [4.78, 5) is 24.3. The van der Waals surface area contributed by atoms with Crippen LogP contribution in [0.2, 0.25) is 0 Å². The molecule has 1 aromatic rings. The van der Waals surface area contributed by atoms with Crippen LogP contribution < -0.4 is 5.32 Å². The monoisotopic (exact) mass is 409 g/mol. The molecule has 2 N–H and O–H groups in total. The Morgan fingerprint density at radius 2 is 1.92 bits per heavy atom. The molecule has 25 heavy (non-hydrogen) atoms. The Hall–Kier alpha value is -1.09. The van der Waals surface area contributed by atoms with Gasteiger partial charge in [0.25, 0.3) is 9.70 Å². The van der Waals surface area contributed by atoms with E-state index in [9.17, 15) is 14.7 Å². The first-order chi connectivity index (χ1) is 11.8. The average molecular weight is 411 g/mol. The summed E-state index contributed by atoms with van der Waals surface area (Å²) in [5, 5.41) is 12.7. The Kier molecular flexibility index (Phi) is 5.43. The van der Waals surface area contributed by atoms with Crippen LogP contribution in [0.25, 0.3) is 0 Å². The van der Waals surface area contributed by atoms with E-state index in [0.717, 1.165) is 0 Å². The van der Waals surface area contributed by atoms with Gasteiger partial charge >= 0.3 is 5.97 Å². The molecule has 2 heterocycles. The van der Waals surface area contributed by atoms with Crippen molar-refractivity contribution in [3.8, 4) is 0 Å². The highest BCUT2D eigenvalue weighted by atomic mass is 35.6. The van der Waals surface area contributed by atoms with Crippen molar-refractivity contribution in [1.82, 2.24) is 5.32 Å². The Morgan fingerprint density at radius 1 is 1.24 bits per heavy atom. The van der Waals surface area contributed by atoms with Gasteiger partial charge in [0.15, 0.2) is 12.4 Å². The van der Waals surface area contributed by atoms with Gasteiger partial charge in [0.05, 0.1) is 18.2 Å². The molecule has 1 aromatic carbocycles. The molecule has 0 aromatic heterocycles. The molecule has 2 aliphatic rings. The lowest BCUT2D eigenvalue weighted by molar-refractivity contribution is -0.196. The molecule has 3 rings (SSSR count). The standard InChI is InChI=1S/C15H14Cl3NO6/c16-15(17,18)14(22)19-9-10(20)13-23-6-8(24-13)11(9)25-12(21)7-4-2-1-3-5-7/h1-5,8-11,13,20H,6H2,(H,19,22)/t8-,9+,10-,11+,13-/m1/s1. The number of carbonyl (C=O) groups is 2. The molecule has 136 valence electrons. The zero-order chi connectivity index (χ0) is 18.2. The van der Waals surface area contributed by atoms with Crippen LogP contribution in [0.15, 0.2) is 30.3 Å². The third kappa shape index (κ3) is 4.02. The summed E-state index contributed by atoms with van der Waals surface area (Å²) < 4.78 is 14.0. The van der Waals surface area contributed by atoms with Crippen LogP contribution in [0.5, 0.6) is 0 Å². The number of nitrogens with one attached hydrogen (secondary N) is 1. The van der Waals surface area contributed by atoms with Crippen molar-refractivity contribution < 1.29 is 28.9 Å². The summed E-state index contributed by atoms with van der Waals surface area (Å²) in [7, 11) is 0. The van der Waals surface area contributed by atoms with Crippen molar-refractivity contribution in [1.29, 1.82) is 0 Å². The lowest BCUT2D eigenvalue weighted by Crippen LogP contribution is -2.63. The second kappa shape index (κ2) is 7.26. The number of hydrogen-bond acceptors (Lipinski definition) is 6. The zero-order valence-corrected chi connectivity index (χ0v) is 14.9. The number of fused-ring (bicyclic) bond motifs is 2. The normalized spacial score (nSPS) is 31.4. The highest BCUT2D eigenvalue weighted by molar-refractivity contribution is 6.76. The van der Waals surface area contributed by atoms with Crippen molar-refractivity contribution in [3.63, 3.8) is 0 Å². The summed E-state index contributed by atoms with van der Waals surface area (Å²) in [6.45, 7) is 0.0919. The smallest absolute Gasteiger partial charge is 0.338 e. The first kappa shape index (κ1) is 18.7. The number of carbonyl (C=O) groups excluding carboxylic acids is 2. The molecular weight excluding hydrogens is 397 g/mol. The predicted octanol–water partition coefficient (Wildman–Crippen LogP) is 1.18. The van der Waals surface area contributed by atoms with E-state index in [1.807, 2.05) is 0 Å². The summed E-state index contributed by atoms with van der Waals surface area (Å²) in [5.41, 5.74) is 0.310. The molecule has 2 bridgehead atoms. The number of alkyl halides is 3. The SMILES string of the molecule is O=C(O[C@@H]1[C@@H](NC(=O)C(Cl)(Cl)Cl)[C@@H](O)[C@@H]2OC[C@H]1O2)c1ccccc1. The van der Waals surface area contributed by atoms with Crippen LogP contribution in [0.3, 0.4) is 0 Å². The molecule has 2 saturated heterocycles. The molecule has 10 heteroatoms. The van der Waals surface area contributed by atoms with E-state index >= 15 is 0 Å². The summed E-state index contributed by atoms with van der Waals surface area (Å²) >= 11 is 16.7. The lowest BCUT2D eigenvalue weighted by Gasteiger charge is -2.38. The van der Waals surface area contributed by atoms with Gasteiger partial charge in [-0.15, -0.1) is 0 Å². The molecule has 0 saturated carbocycles. The summed E-state index contributed by atoms with van der Waals surface area (Å²) in [5.74, 6) is -1.59. The number of halogens is 3. The maximum absolute atomic E-state index is 12.3. The van der Waals surface area contributed by atoms with Gasteiger partial charge in [-0.25, -0.2) is 4.79 Å². The quantitative estimate of drug-likeness (QED) is 0.574. The van der Waals surface area contributed by atoms with Gasteiger partial charge in [-0.2, -0.15) is 0 Å². The zero-order valence-electron chi connectivity index (χ0n) is 12.6. The van der Waals surface area contributed by atoms with Gasteiger partial charge in [-0.3, -0.25) is 4.79 Å². The number of amides is 1. The fourth-order valence-electron chi connectivity index (χ4n) is 2.70. The molecule has 0 aliphatic carbocycles. The molecular formula is C15H14Cl3NO6. The maximum Gasteiger partial charge on any atom is 0.338 e. The van der Waals surface area contributed by atoms with E-state index in [-0.39, 0.29) is 6.61 Å². The molecule has 1 amide bonds. The van der Waals surface area contributed by atoms with Crippen LogP contribution in [-0.4, -0.2) is 58.0 Å². The number of ether oxygens (including phenoxy) is 3.